The molecule has 180 valence electrons. The molecule has 1 fully saturated rings. The van der Waals surface area contributed by atoms with E-state index in [0.717, 1.165) is 5.39 Å². The SMILES string of the molecule is NC(=O)c1ccccc1Nc1nc(Nc2cccc(C(=O)NC3CCC(=O)C3)c2)nc2ccccc12. The van der Waals surface area contributed by atoms with Gasteiger partial charge in [-0.15, -0.1) is 0 Å². The van der Waals surface area contributed by atoms with E-state index in [-0.39, 0.29) is 17.7 Å². The third kappa shape index (κ3) is 5.00. The van der Waals surface area contributed by atoms with E-state index >= 15 is 0 Å². The number of carbonyl (C=O) groups excluding carboxylic acids is 3. The average Bonchev–Trinajstić information content (AvgIpc) is 3.28. The molecular weight excluding hydrogens is 456 g/mol. The molecule has 1 aliphatic rings. The standard InChI is InChI=1S/C27H24N6O3/c28-24(35)20-8-1-3-10-22(20)31-25-21-9-2-4-11-23(21)32-27(33-25)30-17-7-5-6-16(14-17)26(36)29-18-12-13-19(34)15-18/h1-11,14,18H,12-13,15H2,(H2,28,35)(H,29,36)(H2,30,31,32,33). The second-order valence-electron chi connectivity index (χ2n) is 8.61. The number of nitrogens with one attached hydrogen (secondary N) is 3. The van der Waals surface area contributed by atoms with Gasteiger partial charge in [-0.1, -0.05) is 30.3 Å². The smallest absolute Gasteiger partial charge is 0.251 e. The van der Waals surface area contributed by atoms with Gasteiger partial charge < -0.3 is 21.7 Å². The predicted octanol–water partition coefficient (Wildman–Crippen LogP) is 4.07. The Bertz CT molecular complexity index is 1490. The molecule has 1 atom stereocenters. The molecule has 36 heavy (non-hydrogen) atoms. The number of fused-ring (bicyclic) bond motifs is 1. The first-order chi connectivity index (χ1) is 17.5. The molecule has 0 aliphatic heterocycles. The Morgan fingerprint density at radius 1 is 0.917 bits per heavy atom. The molecule has 1 heterocycles. The Balaban J connectivity index is 1.42. The number of nitrogens with zero attached hydrogens (tertiary/aromatic N) is 2. The van der Waals surface area contributed by atoms with E-state index in [1.165, 1.54) is 0 Å². The summed E-state index contributed by atoms with van der Waals surface area (Å²) in [5.41, 5.74) is 8.20. The minimum absolute atomic E-state index is 0.123. The highest BCUT2D eigenvalue weighted by Crippen LogP contribution is 2.28. The molecule has 1 unspecified atom stereocenters. The van der Waals surface area contributed by atoms with E-state index in [1.54, 1.807) is 42.5 Å². The highest BCUT2D eigenvalue weighted by atomic mass is 16.2. The van der Waals surface area contributed by atoms with Gasteiger partial charge in [-0.2, -0.15) is 4.98 Å². The van der Waals surface area contributed by atoms with Crippen molar-refractivity contribution in [3.63, 3.8) is 0 Å². The first kappa shape index (κ1) is 23.0. The molecule has 5 rings (SSSR count). The van der Waals surface area contributed by atoms with Crippen molar-refractivity contribution in [3.8, 4) is 0 Å². The van der Waals surface area contributed by atoms with Crippen LogP contribution in [0.15, 0.2) is 72.8 Å². The third-order valence-electron chi connectivity index (χ3n) is 6.01. The van der Waals surface area contributed by atoms with Gasteiger partial charge in [0.05, 0.1) is 16.8 Å². The van der Waals surface area contributed by atoms with Crippen LogP contribution in [0.5, 0.6) is 0 Å². The largest absolute Gasteiger partial charge is 0.366 e. The fraction of sp³-hybridized carbons (Fsp3) is 0.148. The van der Waals surface area contributed by atoms with Crippen molar-refractivity contribution in [1.82, 2.24) is 15.3 Å². The Morgan fingerprint density at radius 2 is 1.72 bits per heavy atom. The van der Waals surface area contributed by atoms with Gasteiger partial charge in [0.15, 0.2) is 0 Å². The maximum atomic E-state index is 12.7. The molecule has 1 aromatic heterocycles. The lowest BCUT2D eigenvalue weighted by atomic mass is 10.1. The molecule has 3 aromatic carbocycles. The van der Waals surface area contributed by atoms with Crippen LogP contribution in [0.4, 0.5) is 23.1 Å². The number of hydrogen-bond acceptors (Lipinski definition) is 7. The van der Waals surface area contributed by atoms with Crippen LogP contribution in [0.1, 0.15) is 40.0 Å². The van der Waals surface area contributed by atoms with Gasteiger partial charge in [-0.3, -0.25) is 14.4 Å². The van der Waals surface area contributed by atoms with Crippen molar-refractivity contribution in [2.75, 3.05) is 10.6 Å². The second-order valence-corrected chi connectivity index (χ2v) is 8.61. The summed E-state index contributed by atoms with van der Waals surface area (Å²) in [5.74, 6) is 0.199. The summed E-state index contributed by atoms with van der Waals surface area (Å²) in [7, 11) is 0. The van der Waals surface area contributed by atoms with E-state index in [2.05, 4.69) is 25.9 Å². The Kier molecular flexibility index (Phi) is 6.27. The summed E-state index contributed by atoms with van der Waals surface area (Å²) in [4.78, 5) is 45.3. The Labute approximate surface area is 207 Å². The van der Waals surface area contributed by atoms with Gasteiger partial charge in [-0.25, -0.2) is 4.98 Å². The minimum Gasteiger partial charge on any atom is -0.366 e. The van der Waals surface area contributed by atoms with E-state index in [0.29, 0.717) is 59.0 Å². The molecule has 0 radical (unpaired) electrons. The molecule has 2 amide bonds. The average molecular weight is 481 g/mol. The number of nitrogens with two attached hydrogens (primary N) is 1. The minimum atomic E-state index is -0.549. The summed E-state index contributed by atoms with van der Waals surface area (Å²) in [5, 5.41) is 10.1. The van der Waals surface area contributed by atoms with E-state index in [9.17, 15) is 14.4 Å². The lowest BCUT2D eigenvalue weighted by Crippen LogP contribution is -2.32. The fourth-order valence-corrected chi connectivity index (χ4v) is 4.24. The van der Waals surface area contributed by atoms with Crippen molar-refractivity contribution >= 4 is 51.6 Å². The van der Waals surface area contributed by atoms with Gasteiger partial charge in [0.25, 0.3) is 11.8 Å². The second kappa shape index (κ2) is 9.83. The molecule has 9 heteroatoms. The number of ketones is 1. The number of hydrogen-bond donors (Lipinski definition) is 4. The molecule has 0 bridgehead atoms. The van der Waals surface area contributed by atoms with Crippen LogP contribution in [-0.2, 0) is 4.79 Å². The third-order valence-corrected chi connectivity index (χ3v) is 6.01. The molecule has 0 spiro atoms. The number of carbonyl (C=O) groups is 3. The maximum Gasteiger partial charge on any atom is 0.251 e. The van der Waals surface area contributed by atoms with E-state index < -0.39 is 5.91 Å². The van der Waals surface area contributed by atoms with Crippen molar-refractivity contribution in [3.05, 3.63) is 83.9 Å². The molecule has 5 N–H and O–H groups in total. The summed E-state index contributed by atoms with van der Waals surface area (Å²) >= 11 is 0. The number of primary amides is 1. The fourth-order valence-electron chi connectivity index (χ4n) is 4.24. The molecular formula is C27H24N6O3. The zero-order chi connectivity index (χ0) is 25.1. The topological polar surface area (TPSA) is 139 Å². The van der Waals surface area contributed by atoms with Crippen molar-refractivity contribution in [2.45, 2.75) is 25.3 Å². The van der Waals surface area contributed by atoms with Gasteiger partial charge in [0, 0.05) is 35.5 Å². The van der Waals surface area contributed by atoms with E-state index in [4.69, 9.17) is 5.73 Å². The first-order valence-corrected chi connectivity index (χ1v) is 11.6. The lowest BCUT2D eigenvalue weighted by Gasteiger charge is -2.14. The summed E-state index contributed by atoms with van der Waals surface area (Å²) in [6.07, 6.45) is 1.55. The summed E-state index contributed by atoms with van der Waals surface area (Å²) in [6.45, 7) is 0. The molecule has 1 saturated carbocycles. The van der Waals surface area contributed by atoms with Crippen LogP contribution in [0.25, 0.3) is 10.9 Å². The normalized spacial score (nSPS) is 15.0. The van der Waals surface area contributed by atoms with Crippen LogP contribution in [0.2, 0.25) is 0 Å². The lowest BCUT2D eigenvalue weighted by molar-refractivity contribution is -0.117. The Morgan fingerprint density at radius 3 is 2.53 bits per heavy atom. The predicted molar refractivity (Wildman–Crippen MR) is 138 cm³/mol. The van der Waals surface area contributed by atoms with Gasteiger partial charge in [0.1, 0.15) is 11.6 Å². The summed E-state index contributed by atoms with van der Waals surface area (Å²) < 4.78 is 0. The monoisotopic (exact) mass is 480 g/mol. The van der Waals surface area contributed by atoms with Crippen LogP contribution < -0.4 is 21.7 Å². The van der Waals surface area contributed by atoms with E-state index in [1.807, 2.05) is 30.3 Å². The number of amides is 2. The number of rotatable bonds is 7. The zero-order valence-electron chi connectivity index (χ0n) is 19.3. The first-order valence-electron chi connectivity index (χ1n) is 11.6. The van der Waals surface area contributed by atoms with Crippen molar-refractivity contribution < 1.29 is 14.4 Å². The molecule has 9 nitrogen and oxygen atoms in total. The van der Waals surface area contributed by atoms with Gasteiger partial charge in [-0.05, 0) is 48.9 Å². The van der Waals surface area contributed by atoms with Crippen LogP contribution >= 0.6 is 0 Å². The number of para-hydroxylation sites is 2. The van der Waals surface area contributed by atoms with Crippen molar-refractivity contribution in [2.24, 2.45) is 5.73 Å². The number of Topliss-reactive ketones (excluding diaryl/α,β-unsaturated/α-hetero) is 1. The molecule has 1 aliphatic carbocycles. The van der Waals surface area contributed by atoms with Crippen LogP contribution in [0.3, 0.4) is 0 Å². The molecule has 4 aromatic rings. The highest BCUT2D eigenvalue weighted by Gasteiger charge is 2.24. The summed E-state index contributed by atoms with van der Waals surface area (Å²) in [6, 6.07) is 21.3. The van der Waals surface area contributed by atoms with Crippen LogP contribution in [-0.4, -0.2) is 33.6 Å². The van der Waals surface area contributed by atoms with Gasteiger partial charge >= 0.3 is 0 Å². The number of benzene rings is 3. The zero-order valence-corrected chi connectivity index (χ0v) is 19.3. The van der Waals surface area contributed by atoms with Crippen LogP contribution in [0, 0.1) is 0 Å². The quantitative estimate of drug-likeness (QED) is 0.313. The van der Waals surface area contributed by atoms with Crippen molar-refractivity contribution in [1.29, 1.82) is 0 Å². The maximum absolute atomic E-state index is 12.7. The highest BCUT2D eigenvalue weighted by molar-refractivity contribution is 6.01. The number of aromatic nitrogens is 2. The van der Waals surface area contributed by atoms with Gasteiger partial charge in [0.2, 0.25) is 5.95 Å². The number of anilines is 4. The Hall–Kier alpha value is -4.79. The molecule has 0 saturated heterocycles.